The van der Waals surface area contributed by atoms with Gasteiger partial charge in [-0.2, -0.15) is 0 Å². The highest BCUT2D eigenvalue weighted by atomic mass is 35.5. The van der Waals surface area contributed by atoms with Gasteiger partial charge in [-0.1, -0.05) is 0 Å². The lowest BCUT2D eigenvalue weighted by molar-refractivity contribution is 0.544. The van der Waals surface area contributed by atoms with Gasteiger partial charge in [-0.15, -0.1) is 11.6 Å². The molecule has 0 bridgehead atoms. The second-order valence-corrected chi connectivity index (χ2v) is 5.63. The first kappa shape index (κ1) is 13.4. The zero-order valence-electron chi connectivity index (χ0n) is 9.06. The number of pyridine rings is 1. The lowest BCUT2D eigenvalue weighted by Crippen LogP contribution is -2.32. The zero-order chi connectivity index (χ0) is 12.0. The van der Waals surface area contributed by atoms with Gasteiger partial charge in [0.25, 0.3) is 0 Å². The second-order valence-electron chi connectivity index (χ2n) is 3.54. The molecule has 0 fully saturated rings. The van der Waals surface area contributed by atoms with Crippen LogP contribution < -0.4 is 4.72 Å². The Bertz CT molecular complexity index is 408. The smallest absolute Gasteiger partial charge is 0.242 e. The minimum absolute atomic E-state index is 0.121. The van der Waals surface area contributed by atoms with E-state index in [1.54, 1.807) is 6.07 Å². The maximum Gasteiger partial charge on any atom is 0.242 e. The van der Waals surface area contributed by atoms with Gasteiger partial charge >= 0.3 is 0 Å². The number of rotatable bonds is 6. The molecule has 0 amide bonds. The van der Waals surface area contributed by atoms with Crippen molar-refractivity contribution < 1.29 is 8.42 Å². The summed E-state index contributed by atoms with van der Waals surface area (Å²) in [5.74, 6) is 0.541. The third kappa shape index (κ3) is 4.08. The van der Waals surface area contributed by atoms with Crippen LogP contribution in [0.2, 0.25) is 0 Å². The molecule has 1 N–H and O–H groups in total. The van der Waals surface area contributed by atoms with Crippen LogP contribution in [-0.4, -0.2) is 25.3 Å². The van der Waals surface area contributed by atoms with E-state index in [0.717, 1.165) is 12.8 Å². The quantitative estimate of drug-likeness (QED) is 0.795. The fraction of sp³-hybridized carbons (Fsp3) is 0.500. The minimum atomic E-state index is -3.45. The largest absolute Gasteiger partial charge is 0.263 e. The Balaban J connectivity index is 2.66. The van der Waals surface area contributed by atoms with Crippen molar-refractivity contribution in [2.45, 2.75) is 30.7 Å². The molecule has 0 aliphatic carbocycles. The van der Waals surface area contributed by atoms with Crippen LogP contribution in [0.3, 0.4) is 0 Å². The molecule has 0 aliphatic heterocycles. The molecule has 6 heteroatoms. The maximum absolute atomic E-state index is 11.8. The Hall–Kier alpha value is -0.650. The fourth-order valence-corrected chi connectivity index (χ4v) is 2.68. The molecule has 0 aromatic carbocycles. The lowest BCUT2D eigenvalue weighted by atomic mass is 10.2. The first-order chi connectivity index (χ1) is 7.56. The van der Waals surface area contributed by atoms with Crippen molar-refractivity contribution in [3.05, 3.63) is 24.5 Å². The molecule has 0 spiro atoms. The Morgan fingerprint density at radius 3 is 2.88 bits per heavy atom. The van der Waals surface area contributed by atoms with Crippen molar-refractivity contribution >= 4 is 21.6 Å². The summed E-state index contributed by atoms with van der Waals surface area (Å²) in [6.45, 7) is 1.82. The summed E-state index contributed by atoms with van der Waals surface area (Å²) >= 11 is 5.55. The van der Waals surface area contributed by atoms with Gasteiger partial charge in [0.2, 0.25) is 10.0 Å². The predicted molar refractivity (Wildman–Crippen MR) is 64.0 cm³/mol. The minimum Gasteiger partial charge on any atom is -0.263 e. The molecular weight excluding hydrogens is 248 g/mol. The average molecular weight is 263 g/mol. The standard InChI is InChI=1S/C10H15ClN2O2S/c1-9(4-2-6-11)13-16(14,15)10-5-3-7-12-8-10/h3,5,7-9,13H,2,4,6H2,1H3. The molecule has 1 aromatic heterocycles. The van der Waals surface area contributed by atoms with Crippen molar-refractivity contribution in [1.29, 1.82) is 0 Å². The summed E-state index contributed by atoms with van der Waals surface area (Å²) in [6.07, 6.45) is 4.38. The molecule has 4 nitrogen and oxygen atoms in total. The van der Waals surface area contributed by atoms with E-state index in [4.69, 9.17) is 11.6 Å². The molecule has 0 saturated carbocycles. The van der Waals surface area contributed by atoms with Crippen molar-refractivity contribution in [3.8, 4) is 0 Å². The number of nitrogens with zero attached hydrogens (tertiary/aromatic N) is 1. The van der Waals surface area contributed by atoms with Gasteiger partial charge in [-0.05, 0) is 31.9 Å². The number of aromatic nitrogens is 1. The van der Waals surface area contributed by atoms with E-state index in [2.05, 4.69) is 9.71 Å². The van der Waals surface area contributed by atoms with E-state index < -0.39 is 10.0 Å². The second kappa shape index (κ2) is 6.18. The van der Waals surface area contributed by atoms with Crippen molar-refractivity contribution in [3.63, 3.8) is 0 Å². The number of hydrogen-bond donors (Lipinski definition) is 1. The molecule has 1 atom stereocenters. The third-order valence-electron chi connectivity index (χ3n) is 2.07. The Labute approximate surface area is 101 Å². The molecule has 1 rings (SSSR count). The fourth-order valence-electron chi connectivity index (χ4n) is 1.28. The molecule has 90 valence electrons. The van der Waals surface area contributed by atoms with E-state index in [1.165, 1.54) is 18.5 Å². The van der Waals surface area contributed by atoms with Crippen LogP contribution in [0.4, 0.5) is 0 Å². The number of nitrogens with one attached hydrogen (secondary N) is 1. The topological polar surface area (TPSA) is 59.1 Å². The Morgan fingerprint density at radius 1 is 1.56 bits per heavy atom. The van der Waals surface area contributed by atoms with Gasteiger partial charge in [0, 0.05) is 24.3 Å². The highest BCUT2D eigenvalue weighted by molar-refractivity contribution is 7.89. The summed E-state index contributed by atoms with van der Waals surface area (Å²) in [7, 11) is -3.45. The normalized spacial score (nSPS) is 13.6. The maximum atomic E-state index is 11.8. The molecule has 0 radical (unpaired) electrons. The summed E-state index contributed by atoms with van der Waals surface area (Å²) in [4.78, 5) is 3.97. The van der Waals surface area contributed by atoms with Gasteiger partial charge in [-0.25, -0.2) is 13.1 Å². The van der Waals surface area contributed by atoms with Crippen LogP contribution in [0.15, 0.2) is 29.4 Å². The zero-order valence-corrected chi connectivity index (χ0v) is 10.6. The van der Waals surface area contributed by atoms with Crippen molar-refractivity contribution in [2.24, 2.45) is 0 Å². The molecule has 0 aliphatic rings. The van der Waals surface area contributed by atoms with Gasteiger partial charge in [0.15, 0.2) is 0 Å². The van der Waals surface area contributed by atoms with Crippen LogP contribution >= 0.6 is 11.6 Å². The van der Waals surface area contributed by atoms with Crippen LogP contribution in [0, 0.1) is 0 Å². The van der Waals surface area contributed by atoms with Crippen LogP contribution in [0.5, 0.6) is 0 Å². The van der Waals surface area contributed by atoms with E-state index in [9.17, 15) is 8.42 Å². The number of sulfonamides is 1. The van der Waals surface area contributed by atoms with Crippen molar-refractivity contribution in [2.75, 3.05) is 5.88 Å². The average Bonchev–Trinajstić information content (AvgIpc) is 2.27. The third-order valence-corrected chi connectivity index (χ3v) is 3.91. The van der Waals surface area contributed by atoms with E-state index in [-0.39, 0.29) is 10.9 Å². The molecule has 1 heterocycles. The molecule has 0 saturated heterocycles. The van der Waals surface area contributed by atoms with E-state index in [1.807, 2.05) is 6.92 Å². The highest BCUT2D eigenvalue weighted by Crippen LogP contribution is 2.08. The summed E-state index contributed by atoms with van der Waals surface area (Å²) < 4.78 is 26.2. The van der Waals surface area contributed by atoms with Gasteiger partial charge in [0.1, 0.15) is 4.90 Å². The lowest BCUT2D eigenvalue weighted by Gasteiger charge is -2.13. The predicted octanol–water partition coefficient (Wildman–Crippen LogP) is 1.77. The summed E-state index contributed by atoms with van der Waals surface area (Å²) in [5, 5.41) is 0. The monoisotopic (exact) mass is 262 g/mol. The van der Waals surface area contributed by atoms with Gasteiger partial charge < -0.3 is 0 Å². The van der Waals surface area contributed by atoms with Gasteiger partial charge in [0.05, 0.1) is 0 Å². The van der Waals surface area contributed by atoms with E-state index in [0.29, 0.717) is 5.88 Å². The first-order valence-electron chi connectivity index (χ1n) is 5.04. The van der Waals surface area contributed by atoms with Crippen LogP contribution in [0.1, 0.15) is 19.8 Å². The van der Waals surface area contributed by atoms with Crippen LogP contribution in [0.25, 0.3) is 0 Å². The van der Waals surface area contributed by atoms with Crippen LogP contribution in [-0.2, 0) is 10.0 Å². The summed E-state index contributed by atoms with van der Waals surface area (Å²) in [5.41, 5.74) is 0. The molecule has 1 unspecified atom stereocenters. The summed E-state index contributed by atoms with van der Waals surface area (Å²) in [6, 6.07) is 2.99. The number of halogens is 1. The molecule has 16 heavy (non-hydrogen) atoms. The van der Waals surface area contributed by atoms with Crippen molar-refractivity contribution in [1.82, 2.24) is 9.71 Å². The molecular formula is C10H15ClN2O2S. The van der Waals surface area contributed by atoms with Gasteiger partial charge in [-0.3, -0.25) is 4.98 Å². The number of alkyl halides is 1. The first-order valence-corrected chi connectivity index (χ1v) is 7.06. The van der Waals surface area contributed by atoms with E-state index >= 15 is 0 Å². The Kier molecular flexibility index (Phi) is 5.18. The SMILES string of the molecule is CC(CCCCl)NS(=O)(=O)c1cccnc1. The highest BCUT2D eigenvalue weighted by Gasteiger charge is 2.16. The molecule has 1 aromatic rings. The Morgan fingerprint density at radius 2 is 2.31 bits per heavy atom. The number of hydrogen-bond acceptors (Lipinski definition) is 3.